The minimum Gasteiger partial charge on any atom is -0.379 e. The topological polar surface area (TPSA) is 53.6 Å². The van der Waals surface area contributed by atoms with Crippen molar-refractivity contribution in [2.75, 3.05) is 31.6 Å². The van der Waals surface area contributed by atoms with Crippen LogP contribution in [0.25, 0.3) is 0 Å². The zero-order valence-electron chi connectivity index (χ0n) is 14.8. The summed E-state index contributed by atoms with van der Waals surface area (Å²) in [4.78, 5) is 14.8. The van der Waals surface area contributed by atoms with Gasteiger partial charge < -0.3 is 15.4 Å². The van der Waals surface area contributed by atoms with Gasteiger partial charge in [-0.1, -0.05) is 48.0 Å². The summed E-state index contributed by atoms with van der Waals surface area (Å²) < 4.78 is 5.48. The Balaban J connectivity index is 1.70. The van der Waals surface area contributed by atoms with Gasteiger partial charge in [0.05, 0.1) is 19.3 Å². The minimum absolute atomic E-state index is 0.0744. The van der Waals surface area contributed by atoms with E-state index in [1.54, 1.807) is 12.1 Å². The molecule has 2 N–H and O–H groups in total. The highest BCUT2D eigenvalue weighted by molar-refractivity contribution is 6.30. The van der Waals surface area contributed by atoms with E-state index in [0.717, 1.165) is 13.1 Å². The van der Waals surface area contributed by atoms with Gasteiger partial charge in [0, 0.05) is 29.8 Å². The van der Waals surface area contributed by atoms with Crippen LogP contribution in [0.15, 0.2) is 54.6 Å². The number of morpholine rings is 1. The maximum atomic E-state index is 12.4. The van der Waals surface area contributed by atoms with Crippen LogP contribution in [0.4, 0.5) is 10.5 Å². The van der Waals surface area contributed by atoms with Crippen molar-refractivity contribution in [3.63, 3.8) is 0 Å². The fourth-order valence-corrected chi connectivity index (χ4v) is 3.53. The van der Waals surface area contributed by atoms with Gasteiger partial charge in [0.25, 0.3) is 0 Å². The molecule has 3 rings (SSSR count). The van der Waals surface area contributed by atoms with Gasteiger partial charge in [-0.2, -0.15) is 0 Å². The van der Waals surface area contributed by atoms with Crippen LogP contribution in [-0.2, 0) is 4.74 Å². The predicted molar refractivity (Wildman–Crippen MR) is 105 cm³/mol. The maximum absolute atomic E-state index is 12.4. The number of nitrogens with one attached hydrogen (secondary N) is 2. The average molecular weight is 374 g/mol. The molecular formula is C20H24ClN3O2. The number of ether oxygens (including phenoxy) is 1. The Morgan fingerprint density at radius 1 is 1.12 bits per heavy atom. The van der Waals surface area contributed by atoms with Crippen molar-refractivity contribution in [3.05, 3.63) is 65.2 Å². The van der Waals surface area contributed by atoms with Crippen LogP contribution < -0.4 is 10.6 Å². The lowest BCUT2D eigenvalue weighted by Gasteiger charge is -2.38. The number of carbonyl (C=O) groups is 1. The van der Waals surface area contributed by atoms with Crippen LogP contribution in [0.1, 0.15) is 18.5 Å². The first-order valence-electron chi connectivity index (χ1n) is 8.83. The van der Waals surface area contributed by atoms with E-state index in [-0.39, 0.29) is 18.1 Å². The normalized spacial score (nSPS) is 17.3. The van der Waals surface area contributed by atoms with Crippen LogP contribution in [0.2, 0.25) is 5.02 Å². The molecule has 0 spiro atoms. The quantitative estimate of drug-likeness (QED) is 0.835. The number of hydrogen-bond donors (Lipinski definition) is 2. The third-order valence-corrected chi connectivity index (χ3v) is 4.73. The molecule has 2 atom stereocenters. The second-order valence-electron chi connectivity index (χ2n) is 6.40. The monoisotopic (exact) mass is 373 g/mol. The average Bonchev–Trinajstić information content (AvgIpc) is 2.63. The molecular weight excluding hydrogens is 350 g/mol. The lowest BCUT2D eigenvalue weighted by Crippen LogP contribution is -2.49. The lowest BCUT2D eigenvalue weighted by molar-refractivity contribution is 0.00974. The molecule has 2 aromatic rings. The molecule has 0 radical (unpaired) electrons. The molecule has 6 heteroatoms. The molecule has 1 aliphatic rings. The molecule has 1 aliphatic heterocycles. The molecule has 1 saturated heterocycles. The van der Waals surface area contributed by atoms with Crippen molar-refractivity contribution < 1.29 is 9.53 Å². The molecule has 0 saturated carbocycles. The Morgan fingerprint density at radius 3 is 2.54 bits per heavy atom. The number of hydrogen-bond acceptors (Lipinski definition) is 3. The molecule has 0 bridgehead atoms. The van der Waals surface area contributed by atoms with Crippen LogP contribution in [0.3, 0.4) is 0 Å². The highest BCUT2D eigenvalue weighted by Gasteiger charge is 2.28. The summed E-state index contributed by atoms with van der Waals surface area (Å²) in [6.45, 7) is 5.16. The van der Waals surface area contributed by atoms with Crippen LogP contribution in [0.5, 0.6) is 0 Å². The first-order valence-corrected chi connectivity index (χ1v) is 9.21. The Bertz CT molecular complexity index is 720. The summed E-state index contributed by atoms with van der Waals surface area (Å²) in [5.74, 6) is 0. The van der Waals surface area contributed by atoms with E-state index in [1.165, 1.54) is 5.56 Å². The summed E-state index contributed by atoms with van der Waals surface area (Å²) in [5, 5.41) is 6.50. The summed E-state index contributed by atoms with van der Waals surface area (Å²) >= 11 is 5.98. The molecule has 26 heavy (non-hydrogen) atoms. The predicted octanol–water partition coefficient (Wildman–Crippen LogP) is 3.92. The molecule has 0 aliphatic carbocycles. The second-order valence-corrected chi connectivity index (χ2v) is 6.84. The number of benzene rings is 2. The van der Waals surface area contributed by atoms with E-state index in [4.69, 9.17) is 16.3 Å². The molecule has 0 unspecified atom stereocenters. The van der Waals surface area contributed by atoms with Gasteiger partial charge in [0.15, 0.2) is 0 Å². The SMILES string of the molecule is C[C@@H](NC(=O)Nc1cccc(Cl)c1)[C@@H](c1ccccc1)N1CCOCC1. The van der Waals surface area contributed by atoms with E-state index in [0.29, 0.717) is 23.9 Å². The zero-order valence-corrected chi connectivity index (χ0v) is 15.6. The van der Waals surface area contributed by atoms with E-state index in [2.05, 4.69) is 27.7 Å². The third kappa shape index (κ3) is 4.97. The molecule has 1 heterocycles. The van der Waals surface area contributed by atoms with Gasteiger partial charge in [-0.3, -0.25) is 4.90 Å². The van der Waals surface area contributed by atoms with E-state index in [1.807, 2.05) is 37.3 Å². The van der Waals surface area contributed by atoms with Crippen molar-refractivity contribution in [3.8, 4) is 0 Å². The van der Waals surface area contributed by atoms with Crippen molar-refractivity contribution in [2.45, 2.75) is 19.0 Å². The van der Waals surface area contributed by atoms with Crippen molar-refractivity contribution in [2.24, 2.45) is 0 Å². The van der Waals surface area contributed by atoms with Crippen LogP contribution in [-0.4, -0.2) is 43.3 Å². The highest BCUT2D eigenvalue weighted by atomic mass is 35.5. The summed E-state index contributed by atoms with van der Waals surface area (Å²) in [7, 11) is 0. The van der Waals surface area contributed by atoms with Crippen molar-refractivity contribution >= 4 is 23.3 Å². The van der Waals surface area contributed by atoms with Crippen molar-refractivity contribution in [1.82, 2.24) is 10.2 Å². The van der Waals surface area contributed by atoms with Crippen LogP contribution in [0, 0.1) is 0 Å². The standard InChI is InChI=1S/C20H24ClN3O2/c1-15(22-20(25)23-18-9-5-8-17(21)14-18)19(16-6-3-2-4-7-16)24-10-12-26-13-11-24/h2-9,14-15,19H,10-13H2,1H3,(H2,22,23,25)/t15-,19+/m1/s1. The van der Waals surface area contributed by atoms with Gasteiger partial charge >= 0.3 is 6.03 Å². The molecule has 138 valence electrons. The fourth-order valence-electron chi connectivity index (χ4n) is 3.34. The largest absolute Gasteiger partial charge is 0.379 e. The van der Waals surface area contributed by atoms with Crippen LogP contribution >= 0.6 is 11.6 Å². The molecule has 2 amide bonds. The summed E-state index contributed by atoms with van der Waals surface area (Å²) in [6, 6.07) is 17.2. The van der Waals surface area contributed by atoms with Gasteiger partial charge in [0.2, 0.25) is 0 Å². The number of rotatable bonds is 5. The Morgan fingerprint density at radius 2 is 1.85 bits per heavy atom. The first kappa shape index (κ1) is 18.7. The molecule has 2 aromatic carbocycles. The van der Waals surface area contributed by atoms with E-state index >= 15 is 0 Å². The number of amides is 2. The lowest BCUT2D eigenvalue weighted by atomic mass is 9.98. The number of nitrogens with zero attached hydrogens (tertiary/aromatic N) is 1. The Kier molecular flexibility index (Phi) is 6.50. The Hall–Kier alpha value is -2.08. The first-order chi connectivity index (χ1) is 12.6. The van der Waals surface area contributed by atoms with E-state index in [9.17, 15) is 4.79 Å². The van der Waals surface area contributed by atoms with Gasteiger partial charge in [-0.15, -0.1) is 0 Å². The third-order valence-electron chi connectivity index (χ3n) is 4.50. The summed E-state index contributed by atoms with van der Waals surface area (Å²) in [6.07, 6.45) is 0. The number of halogens is 1. The number of carbonyl (C=O) groups excluding carboxylic acids is 1. The Labute approximate surface area is 159 Å². The van der Waals surface area contributed by atoms with E-state index < -0.39 is 0 Å². The molecule has 0 aromatic heterocycles. The van der Waals surface area contributed by atoms with Gasteiger partial charge in [-0.05, 0) is 30.7 Å². The number of anilines is 1. The smallest absolute Gasteiger partial charge is 0.319 e. The molecule has 5 nitrogen and oxygen atoms in total. The highest BCUT2D eigenvalue weighted by Crippen LogP contribution is 2.25. The van der Waals surface area contributed by atoms with Crippen molar-refractivity contribution in [1.29, 1.82) is 0 Å². The van der Waals surface area contributed by atoms with Gasteiger partial charge in [-0.25, -0.2) is 4.79 Å². The summed E-state index contributed by atoms with van der Waals surface area (Å²) in [5.41, 5.74) is 1.86. The second kappa shape index (κ2) is 9.03. The number of urea groups is 1. The molecule has 1 fully saturated rings. The minimum atomic E-state index is -0.242. The van der Waals surface area contributed by atoms with Gasteiger partial charge in [0.1, 0.15) is 0 Å². The fraction of sp³-hybridized carbons (Fsp3) is 0.350. The maximum Gasteiger partial charge on any atom is 0.319 e. The zero-order chi connectivity index (χ0) is 18.4.